The number of carbonyl (C=O) groups is 4. The summed E-state index contributed by atoms with van der Waals surface area (Å²) in [5, 5.41) is 26.5. The number of aliphatic hydroxyl groups is 1. The number of methoxy groups -OCH3 is 1. The summed E-state index contributed by atoms with van der Waals surface area (Å²) in [6.07, 6.45) is -0.134. The SMILES string of the molecule is COC(=O)C[C@@H]1N=C(c2ccc(-c3ccc(CCC(=O)N[C@H](C(=O)N4C[C@H](O)C[C@H]4C(=O)N[C@@H](C)c4ccc(-c5scnc5C)cc4)C(C)(C)C)cc3)cc2)c2c(sc(C)c2C)-n2c(C)nnc21. The molecule has 16 heteroatoms. The Kier molecular flexibility index (Phi) is 13.9. The first-order chi connectivity index (χ1) is 32.4. The van der Waals surface area contributed by atoms with Crippen LogP contribution in [0.15, 0.2) is 83.3 Å². The summed E-state index contributed by atoms with van der Waals surface area (Å²) in [5.41, 5.74) is 10.8. The number of esters is 1. The van der Waals surface area contributed by atoms with Crippen molar-refractivity contribution in [1.82, 2.24) is 35.3 Å². The fourth-order valence-electron chi connectivity index (χ4n) is 8.96. The molecule has 354 valence electrons. The van der Waals surface area contributed by atoms with Crippen molar-refractivity contribution in [2.24, 2.45) is 10.4 Å². The second-order valence-electron chi connectivity index (χ2n) is 18.8. The zero-order chi connectivity index (χ0) is 48.6. The van der Waals surface area contributed by atoms with E-state index >= 15 is 0 Å². The van der Waals surface area contributed by atoms with Crippen LogP contribution in [0.2, 0.25) is 0 Å². The van der Waals surface area contributed by atoms with Gasteiger partial charge in [0.05, 0.1) is 47.5 Å². The van der Waals surface area contributed by atoms with E-state index in [1.165, 1.54) is 12.0 Å². The number of aliphatic hydroxyl groups excluding tert-OH is 1. The number of aromatic nitrogens is 4. The van der Waals surface area contributed by atoms with Crippen molar-refractivity contribution in [3.8, 4) is 26.6 Å². The second kappa shape index (κ2) is 19.7. The molecule has 5 atom stereocenters. The topological polar surface area (TPSA) is 181 Å². The number of amides is 3. The van der Waals surface area contributed by atoms with Crippen molar-refractivity contribution in [3.05, 3.63) is 128 Å². The van der Waals surface area contributed by atoms with Gasteiger partial charge in [-0.25, -0.2) is 4.98 Å². The van der Waals surface area contributed by atoms with Crippen LogP contribution >= 0.6 is 22.7 Å². The molecule has 68 heavy (non-hydrogen) atoms. The lowest BCUT2D eigenvalue weighted by atomic mass is 9.85. The van der Waals surface area contributed by atoms with Crippen LogP contribution in [0.3, 0.4) is 0 Å². The number of hydrogen-bond acceptors (Lipinski definition) is 12. The lowest BCUT2D eigenvalue weighted by molar-refractivity contribution is -0.144. The van der Waals surface area contributed by atoms with Crippen LogP contribution in [0.25, 0.3) is 26.6 Å². The number of ether oxygens (including phenoxy) is 1. The maximum absolute atomic E-state index is 14.3. The van der Waals surface area contributed by atoms with E-state index in [9.17, 15) is 24.3 Å². The van der Waals surface area contributed by atoms with Gasteiger partial charge in [-0.2, -0.15) is 0 Å². The van der Waals surface area contributed by atoms with Crippen molar-refractivity contribution in [1.29, 1.82) is 0 Å². The zero-order valence-corrected chi connectivity index (χ0v) is 41.5. The number of nitrogens with zero attached hydrogens (tertiary/aromatic N) is 6. The molecule has 0 spiro atoms. The highest BCUT2D eigenvalue weighted by atomic mass is 32.1. The Hall–Kier alpha value is -6.36. The third-order valence-electron chi connectivity index (χ3n) is 13.0. The van der Waals surface area contributed by atoms with Crippen molar-refractivity contribution >= 4 is 52.1 Å². The van der Waals surface area contributed by atoms with Crippen LogP contribution in [0.4, 0.5) is 0 Å². The van der Waals surface area contributed by atoms with E-state index in [0.29, 0.717) is 12.2 Å². The Balaban J connectivity index is 0.905. The first-order valence-electron chi connectivity index (χ1n) is 22.9. The van der Waals surface area contributed by atoms with Gasteiger partial charge in [0.2, 0.25) is 17.7 Å². The number of hydrogen-bond donors (Lipinski definition) is 3. The minimum absolute atomic E-state index is 0.00276. The van der Waals surface area contributed by atoms with E-state index in [2.05, 4.69) is 51.8 Å². The van der Waals surface area contributed by atoms with Crippen LogP contribution < -0.4 is 10.6 Å². The van der Waals surface area contributed by atoms with Gasteiger partial charge < -0.3 is 25.4 Å². The summed E-state index contributed by atoms with van der Waals surface area (Å²) in [5.74, 6) is -0.0935. The predicted molar refractivity (Wildman–Crippen MR) is 265 cm³/mol. The van der Waals surface area contributed by atoms with Gasteiger partial charge in [-0.1, -0.05) is 93.6 Å². The van der Waals surface area contributed by atoms with E-state index in [1.807, 2.05) is 112 Å². The number of fused-ring (bicyclic) bond motifs is 3. The van der Waals surface area contributed by atoms with Crippen LogP contribution in [0.5, 0.6) is 0 Å². The van der Waals surface area contributed by atoms with Crippen molar-refractivity contribution < 1.29 is 29.0 Å². The van der Waals surface area contributed by atoms with Crippen LogP contribution in [0, 0.1) is 33.1 Å². The summed E-state index contributed by atoms with van der Waals surface area (Å²) < 4.78 is 7.05. The number of aliphatic imine (C=N–C) groups is 1. The molecule has 0 aliphatic carbocycles. The highest BCUT2D eigenvalue weighted by Crippen LogP contribution is 2.40. The van der Waals surface area contributed by atoms with E-state index in [0.717, 1.165) is 76.5 Å². The number of rotatable bonds is 13. The van der Waals surface area contributed by atoms with E-state index in [4.69, 9.17) is 9.73 Å². The summed E-state index contributed by atoms with van der Waals surface area (Å²) >= 11 is 3.24. The normalized spacial score (nSPS) is 17.6. The average Bonchev–Trinajstić information content (AvgIpc) is 4.09. The highest BCUT2D eigenvalue weighted by molar-refractivity contribution is 7.15. The Labute approximate surface area is 404 Å². The standard InChI is InChI=1S/C52H58N8O6S2/c1-28-31(4)68-51-44(28)45(55-40(25-43(63)66-9)48-58-57-32(5)60(48)51)37-19-17-36(18-20-37)35-13-10-33(11-14-35)12-23-42(62)56-47(52(6,7)8)50(65)59-26-39(61)24-41(59)49(64)54-29(2)34-15-21-38(22-16-34)46-30(3)53-27-67-46/h10-11,13-22,27,29,39-41,47,61H,12,23-26H2,1-9H3,(H,54,64)(H,56,62)/t29-,39+,40-,41-,47+/m0/s1. The van der Waals surface area contributed by atoms with E-state index < -0.39 is 35.6 Å². The molecule has 3 amide bonds. The average molecular weight is 955 g/mol. The Morgan fingerprint density at radius 3 is 2.16 bits per heavy atom. The van der Waals surface area contributed by atoms with Crippen molar-refractivity contribution in [2.45, 2.75) is 111 Å². The quantitative estimate of drug-likeness (QED) is 0.0964. The summed E-state index contributed by atoms with van der Waals surface area (Å²) in [7, 11) is 1.37. The Morgan fingerprint density at radius 2 is 1.53 bits per heavy atom. The third kappa shape index (κ3) is 9.94. The lowest BCUT2D eigenvalue weighted by Gasteiger charge is -2.35. The molecule has 6 aromatic rings. The molecule has 0 saturated carbocycles. The summed E-state index contributed by atoms with van der Waals surface area (Å²) in [6.45, 7) is 15.6. The van der Waals surface area contributed by atoms with E-state index in [-0.39, 0.29) is 49.6 Å². The number of benzene rings is 3. The van der Waals surface area contributed by atoms with Crippen LogP contribution in [-0.4, -0.2) is 91.0 Å². The fraction of sp³-hybridized carbons (Fsp3) is 0.385. The molecule has 3 N–H and O–H groups in total. The van der Waals surface area contributed by atoms with Crippen LogP contribution in [0.1, 0.15) is 109 Å². The van der Waals surface area contributed by atoms with Gasteiger partial charge in [0.1, 0.15) is 29.0 Å². The van der Waals surface area contributed by atoms with Crippen molar-refractivity contribution in [3.63, 3.8) is 0 Å². The molecule has 2 aliphatic rings. The van der Waals surface area contributed by atoms with E-state index in [1.54, 1.807) is 22.7 Å². The molecule has 3 aromatic carbocycles. The van der Waals surface area contributed by atoms with Gasteiger partial charge >= 0.3 is 5.97 Å². The second-order valence-corrected chi connectivity index (χ2v) is 20.9. The molecule has 8 rings (SSSR count). The zero-order valence-electron chi connectivity index (χ0n) is 39.9. The first kappa shape index (κ1) is 48.1. The fourth-order valence-corrected chi connectivity index (χ4v) is 11.0. The molecule has 14 nitrogen and oxygen atoms in total. The minimum Gasteiger partial charge on any atom is -0.469 e. The molecule has 0 radical (unpaired) electrons. The smallest absolute Gasteiger partial charge is 0.308 e. The monoisotopic (exact) mass is 954 g/mol. The number of nitrogens with one attached hydrogen (secondary N) is 2. The Morgan fingerprint density at radius 1 is 0.882 bits per heavy atom. The predicted octanol–water partition coefficient (Wildman–Crippen LogP) is 8.11. The molecule has 2 aliphatic heterocycles. The maximum Gasteiger partial charge on any atom is 0.308 e. The number of carbonyl (C=O) groups excluding carboxylic acids is 4. The number of aryl methyl sites for hydroxylation is 4. The summed E-state index contributed by atoms with van der Waals surface area (Å²) in [4.78, 5) is 67.3. The number of β-amino-alcohol motifs (C(OH)–C–C–N with tert-alkyl or cyclic N) is 1. The molecule has 1 fully saturated rings. The molecule has 0 unspecified atom stereocenters. The van der Waals surface area contributed by atoms with Crippen molar-refractivity contribution in [2.75, 3.05) is 13.7 Å². The third-order valence-corrected chi connectivity index (χ3v) is 15.1. The number of likely N-dealkylation sites (tertiary alicyclic amines) is 1. The molecular weight excluding hydrogens is 897 g/mol. The Bertz CT molecular complexity index is 2880. The highest BCUT2D eigenvalue weighted by Gasteiger charge is 2.45. The number of thiophene rings is 1. The molecule has 0 bridgehead atoms. The summed E-state index contributed by atoms with van der Waals surface area (Å²) in [6, 6.07) is 21.5. The van der Waals surface area contributed by atoms with Gasteiger partial charge in [0.15, 0.2) is 5.82 Å². The van der Waals surface area contributed by atoms with Crippen LogP contribution in [-0.2, 0) is 30.3 Å². The van der Waals surface area contributed by atoms with Gasteiger partial charge in [-0.15, -0.1) is 32.9 Å². The first-order valence-corrected chi connectivity index (χ1v) is 24.6. The molecule has 5 heterocycles. The minimum atomic E-state index is -0.924. The molecule has 3 aromatic heterocycles. The molecular formula is C52H58N8O6S2. The van der Waals surface area contributed by atoms with Gasteiger partial charge in [-0.05, 0) is 79.8 Å². The lowest BCUT2D eigenvalue weighted by Crippen LogP contribution is -2.57. The van der Waals surface area contributed by atoms with Gasteiger partial charge in [-0.3, -0.25) is 28.7 Å². The van der Waals surface area contributed by atoms with Gasteiger partial charge in [0.25, 0.3) is 0 Å². The molecule has 1 saturated heterocycles. The van der Waals surface area contributed by atoms with Gasteiger partial charge in [0, 0.05) is 35.4 Å². The number of thiazole rings is 1. The maximum atomic E-state index is 14.3. The largest absolute Gasteiger partial charge is 0.469 e.